The molecule has 17 heavy (non-hydrogen) atoms. The standard InChI is InChI=1S/C12H10ClN3S/c1-16(8-9-5-3-2-4-6-9)12-15-11(13)10(7-14)17-12/h2-6H,8H2,1H3. The number of halogens is 1. The number of anilines is 1. The van der Waals surface area contributed by atoms with Crippen molar-refractivity contribution in [3.63, 3.8) is 0 Å². The molecule has 1 aromatic heterocycles. The highest BCUT2D eigenvalue weighted by atomic mass is 35.5. The number of hydrogen-bond donors (Lipinski definition) is 0. The van der Waals surface area contributed by atoms with Crippen LogP contribution in [0, 0.1) is 11.3 Å². The van der Waals surface area contributed by atoms with E-state index in [1.54, 1.807) is 0 Å². The van der Waals surface area contributed by atoms with Gasteiger partial charge in [-0.25, -0.2) is 4.98 Å². The highest BCUT2D eigenvalue weighted by Crippen LogP contribution is 2.28. The van der Waals surface area contributed by atoms with Gasteiger partial charge in [0.25, 0.3) is 0 Å². The van der Waals surface area contributed by atoms with Gasteiger partial charge in [0.1, 0.15) is 10.9 Å². The quantitative estimate of drug-likeness (QED) is 0.853. The van der Waals surface area contributed by atoms with Crippen LogP contribution in [-0.4, -0.2) is 12.0 Å². The van der Waals surface area contributed by atoms with E-state index < -0.39 is 0 Å². The first-order chi connectivity index (χ1) is 8.20. The number of hydrogen-bond acceptors (Lipinski definition) is 4. The third kappa shape index (κ3) is 2.76. The van der Waals surface area contributed by atoms with Gasteiger partial charge in [0, 0.05) is 13.6 Å². The zero-order valence-corrected chi connectivity index (χ0v) is 10.8. The molecule has 0 bridgehead atoms. The second-order valence-corrected chi connectivity index (χ2v) is 4.91. The molecule has 0 aliphatic carbocycles. The minimum Gasteiger partial charge on any atom is -0.347 e. The first kappa shape index (κ1) is 11.9. The zero-order valence-electron chi connectivity index (χ0n) is 9.22. The predicted molar refractivity (Wildman–Crippen MR) is 70.4 cm³/mol. The lowest BCUT2D eigenvalue weighted by molar-refractivity contribution is 0.915. The first-order valence-corrected chi connectivity index (χ1v) is 6.21. The Morgan fingerprint density at radius 3 is 2.71 bits per heavy atom. The molecule has 0 N–H and O–H groups in total. The van der Waals surface area contributed by atoms with Crippen molar-refractivity contribution in [2.24, 2.45) is 0 Å². The Bertz CT molecular complexity index is 545. The van der Waals surface area contributed by atoms with Crippen molar-refractivity contribution < 1.29 is 0 Å². The van der Waals surface area contributed by atoms with Gasteiger partial charge < -0.3 is 4.90 Å². The van der Waals surface area contributed by atoms with E-state index in [2.05, 4.69) is 17.1 Å². The molecule has 1 aromatic carbocycles. The van der Waals surface area contributed by atoms with Crippen molar-refractivity contribution in [3.8, 4) is 6.07 Å². The zero-order chi connectivity index (χ0) is 12.3. The van der Waals surface area contributed by atoms with Crippen LogP contribution in [0.25, 0.3) is 0 Å². The number of rotatable bonds is 3. The van der Waals surface area contributed by atoms with Crippen LogP contribution in [0.5, 0.6) is 0 Å². The maximum atomic E-state index is 8.82. The van der Waals surface area contributed by atoms with Gasteiger partial charge in [0.05, 0.1) is 0 Å². The van der Waals surface area contributed by atoms with Crippen LogP contribution in [-0.2, 0) is 6.54 Å². The van der Waals surface area contributed by atoms with Crippen molar-refractivity contribution in [1.29, 1.82) is 5.26 Å². The molecule has 0 aliphatic rings. The summed E-state index contributed by atoms with van der Waals surface area (Å²) in [6, 6.07) is 12.1. The summed E-state index contributed by atoms with van der Waals surface area (Å²) in [7, 11) is 1.93. The Hall–Kier alpha value is -1.57. The van der Waals surface area contributed by atoms with Gasteiger partial charge in [-0.05, 0) is 5.56 Å². The van der Waals surface area contributed by atoms with Gasteiger partial charge in [-0.2, -0.15) is 5.26 Å². The Labute approximate surface area is 109 Å². The van der Waals surface area contributed by atoms with Crippen LogP contribution < -0.4 is 4.90 Å². The van der Waals surface area contributed by atoms with E-state index in [0.717, 1.165) is 11.7 Å². The molecule has 0 radical (unpaired) electrons. The SMILES string of the molecule is CN(Cc1ccccc1)c1nc(Cl)c(C#N)s1. The Kier molecular flexibility index (Phi) is 3.62. The molecular weight excluding hydrogens is 254 g/mol. The fraction of sp³-hybridized carbons (Fsp3) is 0.167. The summed E-state index contributed by atoms with van der Waals surface area (Å²) in [6.45, 7) is 0.746. The topological polar surface area (TPSA) is 39.9 Å². The van der Waals surface area contributed by atoms with E-state index in [9.17, 15) is 0 Å². The molecule has 0 fully saturated rings. The van der Waals surface area contributed by atoms with E-state index in [0.29, 0.717) is 4.88 Å². The molecule has 2 rings (SSSR count). The van der Waals surface area contributed by atoms with E-state index in [4.69, 9.17) is 16.9 Å². The predicted octanol–water partition coefficient (Wildman–Crippen LogP) is 3.30. The molecule has 2 aromatic rings. The van der Waals surface area contributed by atoms with Crippen LogP contribution in [0.2, 0.25) is 5.15 Å². The van der Waals surface area contributed by atoms with Gasteiger partial charge in [0.2, 0.25) is 0 Å². The lowest BCUT2D eigenvalue weighted by Gasteiger charge is -2.15. The van der Waals surface area contributed by atoms with E-state index in [1.165, 1.54) is 16.9 Å². The highest BCUT2D eigenvalue weighted by Gasteiger charge is 2.12. The molecule has 0 unspecified atom stereocenters. The molecule has 0 amide bonds. The summed E-state index contributed by atoms with van der Waals surface area (Å²) in [6.07, 6.45) is 0. The molecule has 0 atom stereocenters. The van der Waals surface area contributed by atoms with E-state index in [-0.39, 0.29) is 5.15 Å². The van der Waals surface area contributed by atoms with Crippen molar-refractivity contribution >= 4 is 28.1 Å². The Balaban J connectivity index is 2.15. The third-order valence-corrected chi connectivity index (χ3v) is 3.73. The average molecular weight is 264 g/mol. The lowest BCUT2D eigenvalue weighted by atomic mass is 10.2. The highest BCUT2D eigenvalue weighted by molar-refractivity contribution is 7.16. The summed E-state index contributed by atoms with van der Waals surface area (Å²) in [5.74, 6) is 0. The minimum atomic E-state index is 0.285. The van der Waals surface area contributed by atoms with Gasteiger partial charge in [0.15, 0.2) is 10.3 Å². The van der Waals surface area contributed by atoms with Gasteiger partial charge in [-0.3, -0.25) is 0 Å². The second kappa shape index (κ2) is 5.17. The maximum Gasteiger partial charge on any atom is 0.188 e. The summed E-state index contributed by atoms with van der Waals surface area (Å²) in [5, 5.41) is 9.87. The van der Waals surface area contributed by atoms with Crippen molar-refractivity contribution in [3.05, 3.63) is 45.9 Å². The van der Waals surface area contributed by atoms with Crippen LogP contribution in [0.3, 0.4) is 0 Å². The average Bonchev–Trinajstić information content (AvgIpc) is 2.72. The molecule has 3 nitrogen and oxygen atoms in total. The fourth-order valence-corrected chi connectivity index (χ4v) is 2.45. The van der Waals surface area contributed by atoms with Crippen LogP contribution in [0.4, 0.5) is 5.13 Å². The molecule has 5 heteroatoms. The Morgan fingerprint density at radius 2 is 2.12 bits per heavy atom. The summed E-state index contributed by atoms with van der Waals surface area (Å²) >= 11 is 7.15. The second-order valence-electron chi connectivity index (χ2n) is 3.57. The molecule has 86 valence electrons. The van der Waals surface area contributed by atoms with Gasteiger partial charge in [-0.15, -0.1) is 0 Å². The number of thiazole rings is 1. The fourth-order valence-electron chi connectivity index (χ4n) is 1.45. The van der Waals surface area contributed by atoms with Gasteiger partial charge >= 0.3 is 0 Å². The number of nitriles is 1. The molecule has 0 saturated carbocycles. The van der Waals surface area contributed by atoms with Crippen molar-refractivity contribution in [1.82, 2.24) is 4.98 Å². The number of benzene rings is 1. The number of aromatic nitrogens is 1. The molecule has 0 spiro atoms. The summed E-state index contributed by atoms with van der Waals surface area (Å²) in [5.41, 5.74) is 1.19. The maximum absolute atomic E-state index is 8.82. The summed E-state index contributed by atoms with van der Waals surface area (Å²) in [4.78, 5) is 6.60. The smallest absolute Gasteiger partial charge is 0.188 e. The van der Waals surface area contributed by atoms with Crippen LogP contribution in [0.1, 0.15) is 10.4 Å². The van der Waals surface area contributed by atoms with E-state index >= 15 is 0 Å². The van der Waals surface area contributed by atoms with Gasteiger partial charge in [-0.1, -0.05) is 53.3 Å². The largest absolute Gasteiger partial charge is 0.347 e. The molecular formula is C12H10ClN3S. The first-order valence-electron chi connectivity index (χ1n) is 5.02. The summed E-state index contributed by atoms with van der Waals surface area (Å²) < 4.78 is 0. The molecule has 1 heterocycles. The monoisotopic (exact) mass is 263 g/mol. The normalized spacial score (nSPS) is 9.94. The van der Waals surface area contributed by atoms with Crippen LogP contribution >= 0.6 is 22.9 Å². The number of nitrogens with zero attached hydrogens (tertiary/aromatic N) is 3. The Morgan fingerprint density at radius 1 is 1.41 bits per heavy atom. The lowest BCUT2D eigenvalue weighted by Crippen LogP contribution is -2.15. The van der Waals surface area contributed by atoms with Crippen LogP contribution in [0.15, 0.2) is 30.3 Å². The van der Waals surface area contributed by atoms with Crippen molar-refractivity contribution in [2.45, 2.75) is 6.54 Å². The third-order valence-electron chi connectivity index (χ3n) is 2.27. The van der Waals surface area contributed by atoms with Crippen molar-refractivity contribution in [2.75, 3.05) is 11.9 Å². The molecule has 0 aliphatic heterocycles. The molecule has 0 saturated heterocycles. The minimum absolute atomic E-state index is 0.285. The van der Waals surface area contributed by atoms with E-state index in [1.807, 2.05) is 36.2 Å².